The van der Waals surface area contributed by atoms with Crippen LogP contribution in [0.5, 0.6) is 5.88 Å². The van der Waals surface area contributed by atoms with E-state index in [-0.39, 0.29) is 23.8 Å². The van der Waals surface area contributed by atoms with Gasteiger partial charge in [-0.25, -0.2) is 4.98 Å². The second kappa shape index (κ2) is 6.47. The lowest BCUT2D eigenvalue weighted by molar-refractivity contribution is -0.140. The van der Waals surface area contributed by atoms with Crippen molar-refractivity contribution in [2.45, 2.75) is 25.4 Å². The van der Waals surface area contributed by atoms with Crippen LogP contribution in [-0.2, 0) is 11.3 Å². The third-order valence-electron chi connectivity index (χ3n) is 4.85. The number of carbonyl (C=O) groups excluding carboxylic acids is 1. The number of ether oxygens (including phenoxy) is 1. The van der Waals surface area contributed by atoms with Crippen molar-refractivity contribution in [2.24, 2.45) is 5.92 Å². The Kier molecular flexibility index (Phi) is 4.16. The predicted molar refractivity (Wildman–Crippen MR) is 94.4 cm³/mol. The number of nitrogens with zero attached hydrogens (tertiary/aromatic N) is 5. The van der Waals surface area contributed by atoms with Crippen LogP contribution in [-0.4, -0.2) is 52.0 Å². The smallest absolute Gasteiger partial charge is 0.228 e. The Hall–Kier alpha value is -2.42. The fraction of sp³-hybridized carbons (Fsp3) is 0.500. The summed E-state index contributed by atoms with van der Waals surface area (Å²) in [6.45, 7) is 1.95. The fourth-order valence-electron chi connectivity index (χ4n) is 3.62. The summed E-state index contributed by atoms with van der Waals surface area (Å²) in [6, 6.07) is 1.92. The Morgan fingerprint density at radius 1 is 1.36 bits per heavy atom. The van der Waals surface area contributed by atoms with Gasteiger partial charge in [-0.3, -0.25) is 4.79 Å². The topological polar surface area (TPSA) is 97.5 Å². The molecule has 3 aliphatic heterocycles. The zero-order chi connectivity index (χ0) is 17.4. The highest BCUT2D eigenvalue weighted by atomic mass is 32.1. The number of hydrogen-bond donors (Lipinski definition) is 1. The number of amides is 1. The van der Waals surface area contributed by atoms with E-state index in [1.165, 1.54) is 0 Å². The molecule has 5 heterocycles. The van der Waals surface area contributed by atoms with E-state index in [1.807, 2.05) is 10.3 Å². The monoisotopic (exact) mass is 360 g/mol. The molecule has 2 atom stereocenters. The van der Waals surface area contributed by atoms with Crippen molar-refractivity contribution in [1.29, 1.82) is 0 Å². The standard InChI is InChI=1S/C16H20N6O2S/c1-24-14-4-13(19-16(17)20-14)21-5-10-2-3-12(7-21)22(15(10)23)6-11-8-25-9-18-11/h4,8-10,12H,2-3,5-7H2,1H3,(H2,17,19,20)/t10-,12+/m0/s1. The van der Waals surface area contributed by atoms with Gasteiger partial charge in [0.05, 0.1) is 30.8 Å². The molecule has 0 aromatic carbocycles. The van der Waals surface area contributed by atoms with Gasteiger partial charge >= 0.3 is 0 Å². The number of fused-ring (bicyclic) bond motifs is 4. The van der Waals surface area contributed by atoms with Crippen LogP contribution in [0.3, 0.4) is 0 Å². The summed E-state index contributed by atoms with van der Waals surface area (Å²) in [5.74, 6) is 1.51. The van der Waals surface area contributed by atoms with Crippen molar-refractivity contribution < 1.29 is 9.53 Å². The first-order valence-electron chi connectivity index (χ1n) is 8.25. The zero-order valence-electron chi connectivity index (χ0n) is 14.0. The average molecular weight is 360 g/mol. The Bertz CT molecular complexity index is 768. The minimum Gasteiger partial charge on any atom is -0.481 e. The van der Waals surface area contributed by atoms with E-state index in [1.54, 1.807) is 30.0 Å². The lowest BCUT2D eigenvalue weighted by atomic mass is 9.94. The Labute approximate surface area is 149 Å². The summed E-state index contributed by atoms with van der Waals surface area (Å²) in [4.78, 5) is 29.7. The fourth-order valence-corrected chi connectivity index (χ4v) is 4.17. The van der Waals surface area contributed by atoms with Gasteiger partial charge in [-0.1, -0.05) is 0 Å². The van der Waals surface area contributed by atoms with Crippen molar-refractivity contribution in [1.82, 2.24) is 19.9 Å². The number of nitrogen functional groups attached to an aromatic ring is 1. The van der Waals surface area contributed by atoms with Gasteiger partial charge in [0.15, 0.2) is 0 Å². The van der Waals surface area contributed by atoms with Gasteiger partial charge in [0, 0.05) is 30.6 Å². The van der Waals surface area contributed by atoms with Crippen LogP contribution in [0.25, 0.3) is 0 Å². The zero-order valence-corrected chi connectivity index (χ0v) is 14.8. The maximum atomic E-state index is 12.9. The largest absolute Gasteiger partial charge is 0.481 e. The first-order chi connectivity index (χ1) is 12.1. The molecule has 8 nitrogen and oxygen atoms in total. The normalized spacial score (nSPS) is 23.0. The molecule has 0 radical (unpaired) electrons. The van der Waals surface area contributed by atoms with Crippen molar-refractivity contribution in [2.75, 3.05) is 30.8 Å². The molecule has 1 amide bonds. The second-order valence-corrected chi connectivity index (χ2v) is 7.12. The molecule has 25 heavy (non-hydrogen) atoms. The molecule has 0 aliphatic carbocycles. The molecule has 132 valence electrons. The van der Waals surface area contributed by atoms with Crippen LogP contribution >= 0.6 is 11.3 Å². The van der Waals surface area contributed by atoms with Crippen molar-refractivity contribution in [3.8, 4) is 5.88 Å². The maximum Gasteiger partial charge on any atom is 0.228 e. The molecule has 2 aromatic heterocycles. The summed E-state index contributed by atoms with van der Waals surface area (Å²) in [5, 5.41) is 2.00. The van der Waals surface area contributed by atoms with Gasteiger partial charge in [-0.2, -0.15) is 9.97 Å². The number of thiazole rings is 1. The van der Waals surface area contributed by atoms with Crippen molar-refractivity contribution in [3.05, 3.63) is 22.7 Å². The summed E-state index contributed by atoms with van der Waals surface area (Å²) >= 11 is 1.55. The van der Waals surface area contributed by atoms with Crippen LogP contribution in [0, 0.1) is 5.92 Å². The van der Waals surface area contributed by atoms with Crippen molar-refractivity contribution >= 4 is 29.0 Å². The molecule has 5 rings (SSSR count). The molecule has 3 aliphatic rings. The van der Waals surface area contributed by atoms with Gasteiger partial charge in [-0.15, -0.1) is 11.3 Å². The van der Waals surface area contributed by atoms with E-state index in [0.717, 1.165) is 25.1 Å². The first kappa shape index (κ1) is 16.1. The molecule has 0 saturated carbocycles. The Balaban J connectivity index is 1.60. The number of rotatable bonds is 4. The van der Waals surface area contributed by atoms with E-state index >= 15 is 0 Å². The maximum absolute atomic E-state index is 12.9. The molecule has 9 heteroatoms. The Morgan fingerprint density at radius 3 is 3.00 bits per heavy atom. The number of anilines is 2. The highest BCUT2D eigenvalue weighted by molar-refractivity contribution is 7.07. The van der Waals surface area contributed by atoms with Gasteiger partial charge in [0.2, 0.25) is 17.7 Å². The first-order valence-corrected chi connectivity index (χ1v) is 9.19. The van der Waals surface area contributed by atoms with Crippen LogP contribution in [0.1, 0.15) is 18.5 Å². The number of aromatic nitrogens is 3. The Morgan fingerprint density at radius 2 is 2.24 bits per heavy atom. The third kappa shape index (κ3) is 3.11. The molecular formula is C16H20N6O2S. The molecule has 0 unspecified atom stereocenters. The molecule has 3 fully saturated rings. The summed E-state index contributed by atoms with van der Waals surface area (Å²) < 4.78 is 5.20. The third-order valence-corrected chi connectivity index (χ3v) is 5.48. The van der Waals surface area contributed by atoms with E-state index in [4.69, 9.17) is 10.5 Å². The van der Waals surface area contributed by atoms with E-state index in [9.17, 15) is 4.79 Å². The van der Waals surface area contributed by atoms with Gasteiger partial charge in [0.25, 0.3) is 0 Å². The van der Waals surface area contributed by atoms with Crippen LogP contribution < -0.4 is 15.4 Å². The highest BCUT2D eigenvalue weighted by Gasteiger charge is 2.41. The summed E-state index contributed by atoms with van der Waals surface area (Å²) in [7, 11) is 1.55. The highest BCUT2D eigenvalue weighted by Crippen LogP contribution is 2.33. The van der Waals surface area contributed by atoms with E-state index in [0.29, 0.717) is 24.8 Å². The number of piperidine rings is 1. The lowest BCUT2D eigenvalue weighted by Gasteiger charge is -2.35. The van der Waals surface area contributed by atoms with Gasteiger partial charge in [-0.05, 0) is 12.8 Å². The minimum absolute atomic E-state index is 0.0282. The quantitative estimate of drug-likeness (QED) is 0.873. The average Bonchev–Trinajstić information content (AvgIpc) is 2.97. The second-order valence-electron chi connectivity index (χ2n) is 6.41. The number of nitrogens with two attached hydrogens (primary N) is 1. The lowest BCUT2D eigenvalue weighted by Crippen LogP contribution is -2.47. The van der Waals surface area contributed by atoms with E-state index < -0.39 is 0 Å². The SMILES string of the molecule is COc1cc(N2C[C@@H]3CC[C@H](C2)N(Cc2cscn2)C3=O)nc(N)n1. The molecule has 0 spiro atoms. The summed E-state index contributed by atoms with van der Waals surface area (Å²) in [6.07, 6.45) is 1.90. The van der Waals surface area contributed by atoms with Crippen molar-refractivity contribution in [3.63, 3.8) is 0 Å². The summed E-state index contributed by atoms with van der Waals surface area (Å²) in [5.41, 5.74) is 8.55. The van der Waals surface area contributed by atoms with Gasteiger partial charge in [0.1, 0.15) is 5.82 Å². The minimum atomic E-state index is -0.0282. The molecule has 2 aromatic rings. The van der Waals surface area contributed by atoms with Crippen LogP contribution in [0.15, 0.2) is 17.0 Å². The van der Waals surface area contributed by atoms with Crippen LogP contribution in [0.4, 0.5) is 11.8 Å². The number of hydrogen-bond acceptors (Lipinski definition) is 8. The number of carbonyl (C=O) groups is 1. The number of methoxy groups -OCH3 is 1. The van der Waals surface area contributed by atoms with E-state index in [2.05, 4.69) is 19.9 Å². The predicted octanol–water partition coefficient (Wildman–Crippen LogP) is 1.15. The molecular weight excluding hydrogens is 340 g/mol. The molecule has 3 saturated heterocycles. The van der Waals surface area contributed by atoms with Gasteiger partial charge < -0.3 is 20.3 Å². The van der Waals surface area contributed by atoms with Crippen LogP contribution in [0.2, 0.25) is 0 Å². The molecule has 2 bridgehead atoms. The molecule has 2 N–H and O–H groups in total.